The van der Waals surface area contributed by atoms with Gasteiger partial charge in [0.2, 0.25) is 5.91 Å². The Morgan fingerprint density at radius 1 is 1.29 bits per heavy atom. The lowest BCUT2D eigenvalue weighted by molar-refractivity contribution is -0.113. The Morgan fingerprint density at radius 3 is 2.78 bits per heavy atom. The molecule has 4 aromatic rings. The van der Waals surface area contributed by atoms with Crippen LogP contribution in [0.25, 0.3) is 21.3 Å². The number of hydrogen-bond acceptors (Lipinski definition) is 9. The molecule has 1 aliphatic rings. The number of amides is 1. The van der Waals surface area contributed by atoms with Crippen molar-refractivity contribution >= 4 is 61.5 Å². The molecule has 0 bridgehead atoms. The summed E-state index contributed by atoms with van der Waals surface area (Å²) in [6.07, 6.45) is 4.58. The molecule has 1 aromatic carbocycles. The number of thioether (sulfide) groups is 1. The van der Waals surface area contributed by atoms with Gasteiger partial charge in [0, 0.05) is 22.4 Å². The maximum absolute atomic E-state index is 13.6. The van der Waals surface area contributed by atoms with Gasteiger partial charge in [0.05, 0.1) is 24.9 Å². The normalized spacial score (nSPS) is 14.5. The first-order valence-corrected chi connectivity index (χ1v) is 16.0. The van der Waals surface area contributed by atoms with Crippen molar-refractivity contribution in [3.8, 4) is 16.9 Å². The molecule has 0 spiro atoms. The van der Waals surface area contributed by atoms with Crippen LogP contribution < -0.4 is 15.6 Å². The zero-order valence-corrected chi connectivity index (χ0v) is 25.6. The Morgan fingerprint density at radius 2 is 2.07 bits per heavy atom. The van der Waals surface area contributed by atoms with Gasteiger partial charge in [-0.15, -0.1) is 29.3 Å². The molecule has 1 amide bonds. The summed E-state index contributed by atoms with van der Waals surface area (Å²) in [6.45, 7) is 8.29. The van der Waals surface area contributed by atoms with Gasteiger partial charge < -0.3 is 14.8 Å². The van der Waals surface area contributed by atoms with Crippen molar-refractivity contribution in [2.45, 2.75) is 44.8 Å². The minimum atomic E-state index is -0.509. The number of benzene rings is 1. The zero-order chi connectivity index (χ0) is 29.1. The number of esters is 1. The molecule has 5 rings (SSSR count). The molecule has 3 aromatic heterocycles. The highest BCUT2D eigenvalue weighted by Crippen LogP contribution is 2.38. The quantitative estimate of drug-likeness (QED) is 0.0960. The number of nitrogens with zero attached hydrogens (tertiary/aromatic N) is 2. The number of methoxy groups -OCH3 is 1. The number of ether oxygens (including phenoxy) is 2. The fraction of sp³-hybridized carbons (Fsp3) is 0.333. The highest BCUT2D eigenvalue weighted by Gasteiger charge is 2.26. The van der Waals surface area contributed by atoms with Gasteiger partial charge in [0.15, 0.2) is 5.16 Å². The molecule has 0 saturated heterocycles. The maximum atomic E-state index is 13.6. The number of allylic oxidation sites excluding steroid dienone is 1. The summed E-state index contributed by atoms with van der Waals surface area (Å²) in [5.41, 5.74) is 2.82. The number of carbonyl (C=O) groups excluding carboxylic acids is 2. The van der Waals surface area contributed by atoms with E-state index in [0.717, 1.165) is 35.2 Å². The van der Waals surface area contributed by atoms with Gasteiger partial charge in [-0.3, -0.25) is 14.2 Å². The van der Waals surface area contributed by atoms with E-state index in [4.69, 9.17) is 14.5 Å². The molecular formula is C30H31N3O5S3. The van der Waals surface area contributed by atoms with Crippen molar-refractivity contribution in [1.29, 1.82) is 0 Å². The number of fused-ring (bicyclic) bond motifs is 3. The molecule has 0 fully saturated rings. The standard InChI is InChI=1S/C30H31N3O5S3/c1-5-13-33-28(35)24-20-12-7-17(3)14-22(20)41-27(24)32-30(33)40-16-23(34)31-26-25(29(36)38-6-2)21(15-39-26)18-8-10-19(37-4)11-9-18/h5,8-11,15,17H,1,6-7,12-14,16H2,2-4H3,(H,31,34)/t17-/m0/s1. The smallest absolute Gasteiger partial charge is 0.341 e. The average molecular weight is 610 g/mol. The summed E-state index contributed by atoms with van der Waals surface area (Å²) in [5.74, 6) is 0.472. The zero-order valence-electron chi connectivity index (χ0n) is 23.2. The highest BCUT2D eigenvalue weighted by molar-refractivity contribution is 7.99. The lowest BCUT2D eigenvalue weighted by atomic mass is 9.89. The van der Waals surface area contributed by atoms with E-state index in [9.17, 15) is 14.4 Å². The Labute approximate surface area is 250 Å². The van der Waals surface area contributed by atoms with Crippen LogP contribution in [-0.4, -0.2) is 40.9 Å². The molecular weight excluding hydrogens is 579 g/mol. The molecule has 1 atom stereocenters. The second-order valence-corrected chi connectivity index (χ2v) is 12.7. The maximum Gasteiger partial charge on any atom is 0.341 e. The molecule has 0 unspecified atom stereocenters. The average Bonchev–Trinajstić information content (AvgIpc) is 3.54. The molecule has 0 aliphatic heterocycles. The highest BCUT2D eigenvalue weighted by atomic mass is 32.2. The number of thiophene rings is 2. The number of nitrogens with one attached hydrogen (secondary N) is 1. The van der Waals surface area contributed by atoms with Crippen LogP contribution in [0.2, 0.25) is 0 Å². The van der Waals surface area contributed by atoms with E-state index in [1.54, 1.807) is 36.0 Å². The van der Waals surface area contributed by atoms with E-state index < -0.39 is 5.97 Å². The number of aryl methyl sites for hydroxylation is 1. The van der Waals surface area contributed by atoms with Crippen molar-refractivity contribution in [1.82, 2.24) is 9.55 Å². The third-order valence-corrected chi connectivity index (χ3v) is 9.97. The van der Waals surface area contributed by atoms with Crippen molar-refractivity contribution in [3.05, 3.63) is 68.7 Å². The van der Waals surface area contributed by atoms with Gasteiger partial charge >= 0.3 is 5.97 Å². The lowest BCUT2D eigenvalue weighted by Gasteiger charge is -2.17. The van der Waals surface area contributed by atoms with Gasteiger partial charge in [0.25, 0.3) is 5.56 Å². The predicted molar refractivity (Wildman–Crippen MR) is 167 cm³/mol. The van der Waals surface area contributed by atoms with Crippen LogP contribution in [0.5, 0.6) is 5.75 Å². The van der Waals surface area contributed by atoms with Crippen LogP contribution in [0.4, 0.5) is 5.00 Å². The number of carbonyl (C=O) groups is 2. The van der Waals surface area contributed by atoms with Gasteiger partial charge in [-0.2, -0.15) is 0 Å². The van der Waals surface area contributed by atoms with E-state index in [1.165, 1.54) is 28.0 Å². The van der Waals surface area contributed by atoms with Crippen LogP contribution in [0.1, 0.15) is 41.1 Å². The van der Waals surface area contributed by atoms with Crippen LogP contribution in [0.3, 0.4) is 0 Å². The van der Waals surface area contributed by atoms with Gasteiger partial charge in [-0.05, 0) is 55.4 Å². The molecule has 3 heterocycles. The predicted octanol–water partition coefficient (Wildman–Crippen LogP) is 6.41. The summed E-state index contributed by atoms with van der Waals surface area (Å²) in [6, 6.07) is 7.34. The van der Waals surface area contributed by atoms with Crippen LogP contribution >= 0.6 is 34.4 Å². The molecule has 11 heteroatoms. The van der Waals surface area contributed by atoms with Crippen LogP contribution in [0.15, 0.2) is 52.3 Å². The molecule has 8 nitrogen and oxygen atoms in total. The van der Waals surface area contributed by atoms with Gasteiger partial charge in [-0.1, -0.05) is 36.9 Å². The lowest BCUT2D eigenvalue weighted by Crippen LogP contribution is -2.24. The Hall–Kier alpha value is -3.41. The SMILES string of the molecule is C=CCn1c(SCC(=O)Nc2scc(-c3ccc(OC)cc3)c2C(=O)OCC)nc2sc3c(c2c1=O)CC[C@H](C)C3. The van der Waals surface area contributed by atoms with E-state index in [-0.39, 0.29) is 23.8 Å². The molecule has 1 N–H and O–H groups in total. The summed E-state index contributed by atoms with van der Waals surface area (Å²) in [5, 5.41) is 6.29. The molecule has 214 valence electrons. The first-order valence-electron chi connectivity index (χ1n) is 13.4. The van der Waals surface area contributed by atoms with Crippen molar-refractivity contribution in [3.63, 3.8) is 0 Å². The first-order chi connectivity index (χ1) is 19.8. The Kier molecular flexibility index (Phi) is 8.96. The van der Waals surface area contributed by atoms with E-state index in [0.29, 0.717) is 44.9 Å². The van der Waals surface area contributed by atoms with E-state index in [2.05, 4.69) is 18.8 Å². The topological polar surface area (TPSA) is 99.5 Å². The molecule has 1 aliphatic carbocycles. The molecule has 41 heavy (non-hydrogen) atoms. The summed E-state index contributed by atoms with van der Waals surface area (Å²) >= 11 is 4.04. The summed E-state index contributed by atoms with van der Waals surface area (Å²) < 4.78 is 12.1. The fourth-order valence-corrected chi connectivity index (χ4v) is 8.14. The minimum Gasteiger partial charge on any atom is -0.497 e. The van der Waals surface area contributed by atoms with Crippen LogP contribution in [-0.2, 0) is 28.9 Å². The Balaban J connectivity index is 1.39. The number of anilines is 1. The number of aromatic nitrogens is 2. The van der Waals surface area contributed by atoms with Crippen molar-refractivity contribution < 1.29 is 19.1 Å². The second kappa shape index (κ2) is 12.6. The number of rotatable bonds is 10. The molecule has 0 radical (unpaired) electrons. The first kappa shape index (κ1) is 29.1. The largest absolute Gasteiger partial charge is 0.497 e. The third-order valence-electron chi connectivity index (χ3n) is 6.95. The minimum absolute atomic E-state index is 0.00917. The van der Waals surface area contributed by atoms with E-state index >= 15 is 0 Å². The molecule has 0 saturated carbocycles. The summed E-state index contributed by atoms with van der Waals surface area (Å²) in [7, 11) is 1.59. The Bertz CT molecular complexity index is 1670. The van der Waals surface area contributed by atoms with Crippen molar-refractivity contribution in [2.24, 2.45) is 5.92 Å². The monoisotopic (exact) mass is 609 g/mol. The van der Waals surface area contributed by atoms with Crippen LogP contribution in [0, 0.1) is 5.92 Å². The summed E-state index contributed by atoms with van der Waals surface area (Å²) in [4.78, 5) is 46.4. The van der Waals surface area contributed by atoms with E-state index in [1.807, 2.05) is 29.6 Å². The number of hydrogen-bond donors (Lipinski definition) is 1. The van der Waals surface area contributed by atoms with Crippen molar-refractivity contribution in [2.75, 3.05) is 24.8 Å². The van der Waals surface area contributed by atoms with Gasteiger partial charge in [0.1, 0.15) is 21.1 Å². The fourth-order valence-electron chi connectivity index (χ4n) is 4.94. The van der Waals surface area contributed by atoms with Gasteiger partial charge in [-0.25, -0.2) is 9.78 Å². The third kappa shape index (κ3) is 5.98. The second-order valence-electron chi connectivity index (χ2n) is 9.77.